The van der Waals surface area contributed by atoms with Crippen molar-refractivity contribution in [2.75, 3.05) is 19.5 Å². The van der Waals surface area contributed by atoms with Gasteiger partial charge in [0.25, 0.3) is 0 Å². The van der Waals surface area contributed by atoms with E-state index in [4.69, 9.17) is 21.1 Å². The minimum absolute atomic E-state index is 0.0551. The Balaban J connectivity index is 2.09. The molecule has 1 fully saturated rings. The van der Waals surface area contributed by atoms with Crippen LogP contribution in [0.5, 0.6) is 0 Å². The highest BCUT2D eigenvalue weighted by atomic mass is 35.5. The van der Waals surface area contributed by atoms with E-state index in [1.54, 1.807) is 11.8 Å². The van der Waals surface area contributed by atoms with E-state index in [0.717, 1.165) is 6.08 Å². The molecule has 2 rings (SSSR count). The molecule has 126 valence electrons. The summed E-state index contributed by atoms with van der Waals surface area (Å²) in [7, 11) is 0. The first-order chi connectivity index (χ1) is 10.9. The number of halogens is 4. The third-order valence-electron chi connectivity index (χ3n) is 3.22. The van der Waals surface area contributed by atoms with Crippen LogP contribution in [0.1, 0.15) is 5.56 Å². The van der Waals surface area contributed by atoms with E-state index in [1.807, 2.05) is 6.26 Å². The van der Waals surface area contributed by atoms with Crippen molar-refractivity contribution in [3.8, 4) is 0 Å². The molecule has 1 aliphatic heterocycles. The van der Waals surface area contributed by atoms with Crippen LogP contribution in [0, 0.1) is 0 Å². The van der Waals surface area contributed by atoms with Crippen molar-refractivity contribution in [3.05, 3.63) is 53.1 Å². The predicted molar refractivity (Wildman–Crippen MR) is 87.6 cm³/mol. The molecule has 1 heterocycles. The summed E-state index contributed by atoms with van der Waals surface area (Å²) in [6.07, 6.45) is 0.666. The van der Waals surface area contributed by atoms with E-state index in [9.17, 15) is 13.2 Å². The second-order valence-electron chi connectivity index (χ2n) is 4.86. The van der Waals surface area contributed by atoms with Crippen molar-refractivity contribution in [1.82, 2.24) is 0 Å². The number of rotatable bonds is 4. The zero-order chi connectivity index (χ0) is 16.9. The Morgan fingerprint density at radius 2 is 1.83 bits per heavy atom. The average molecular weight is 365 g/mol. The van der Waals surface area contributed by atoms with Crippen LogP contribution >= 0.6 is 23.4 Å². The van der Waals surface area contributed by atoms with Gasteiger partial charge in [-0.05, 0) is 36.1 Å². The Morgan fingerprint density at radius 3 is 2.35 bits per heavy atom. The van der Waals surface area contributed by atoms with Crippen LogP contribution in [0.4, 0.5) is 13.2 Å². The molecule has 1 aromatic rings. The Morgan fingerprint density at radius 1 is 1.22 bits per heavy atom. The molecule has 0 radical (unpaired) electrons. The zero-order valence-electron chi connectivity index (χ0n) is 12.3. The Kier molecular flexibility index (Phi) is 6.59. The molecule has 0 aromatic heterocycles. The van der Waals surface area contributed by atoms with E-state index in [-0.39, 0.29) is 10.8 Å². The van der Waals surface area contributed by atoms with E-state index in [2.05, 4.69) is 0 Å². The fraction of sp³-hybridized carbons (Fsp3) is 0.375. The van der Waals surface area contributed by atoms with Gasteiger partial charge in [-0.25, -0.2) is 0 Å². The summed E-state index contributed by atoms with van der Waals surface area (Å²) in [4.78, 5) is 0. The standard InChI is InChI=1S/C16H16ClF3O2S/c1-23-13-9-21-15(22-10-13)4-2-3-14(16(18,19)20)11-5-7-12(17)8-6-11/h2-8,13,15H,9-10H2,1H3. The van der Waals surface area contributed by atoms with E-state index >= 15 is 0 Å². The smallest absolute Gasteiger partial charge is 0.348 e. The molecule has 1 saturated heterocycles. The largest absolute Gasteiger partial charge is 0.416 e. The fourth-order valence-electron chi connectivity index (χ4n) is 1.97. The second-order valence-corrected chi connectivity index (χ2v) is 6.44. The maximum atomic E-state index is 13.2. The number of benzene rings is 1. The van der Waals surface area contributed by atoms with Crippen LogP contribution in [-0.2, 0) is 9.47 Å². The van der Waals surface area contributed by atoms with Gasteiger partial charge in [0.15, 0.2) is 6.29 Å². The van der Waals surface area contributed by atoms with Gasteiger partial charge in [-0.15, -0.1) is 0 Å². The molecule has 0 atom stereocenters. The fourth-order valence-corrected chi connectivity index (χ4v) is 2.53. The first kappa shape index (κ1) is 18.4. The Bertz CT molecular complexity index is 562. The molecule has 0 bridgehead atoms. The van der Waals surface area contributed by atoms with Crippen LogP contribution in [0.25, 0.3) is 5.57 Å². The van der Waals surface area contributed by atoms with Gasteiger partial charge < -0.3 is 9.47 Å². The van der Waals surface area contributed by atoms with Crippen molar-refractivity contribution in [2.24, 2.45) is 0 Å². The molecule has 0 saturated carbocycles. The normalized spacial score (nSPS) is 23.4. The van der Waals surface area contributed by atoms with Crippen LogP contribution in [0.2, 0.25) is 5.02 Å². The maximum absolute atomic E-state index is 13.2. The molecule has 1 aliphatic rings. The first-order valence-corrected chi connectivity index (χ1v) is 8.54. The number of alkyl halides is 3. The number of thioether (sulfide) groups is 1. The van der Waals surface area contributed by atoms with E-state index in [1.165, 1.54) is 36.4 Å². The summed E-state index contributed by atoms with van der Waals surface area (Å²) in [5.74, 6) is 0. The van der Waals surface area contributed by atoms with Crippen LogP contribution in [0.15, 0.2) is 42.5 Å². The monoisotopic (exact) mass is 364 g/mol. The summed E-state index contributed by atoms with van der Waals surface area (Å²) in [5, 5.41) is 0.646. The van der Waals surface area contributed by atoms with Crippen LogP contribution < -0.4 is 0 Å². The van der Waals surface area contributed by atoms with E-state index in [0.29, 0.717) is 18.2 Å². The van der Waals surface area contributed by atoms with Crippen molar-refractivity contribution in [1.29, 1.82) is 0 Å². The Labute approximate surface area is 142 Å². The lowest BCUT2D eigenvalue weighted by Gasteiger charge is -2.26. The van der Waals surface area contributed by atoms with Crippen molar-refractivity contribution in [2.45, 2.75) is 17.7 Å². The summed E-state index contributed by atoms with van der Waals surface area (Å²) < 4.78 is 50.3. The third-order valence-corrected chi connectivity index (χ3v) is 4.41. The van der Waals surface area contributed by atoms with Gasteiger partial charge >= 0.3 is 6.18 Å². The summed E-state index contributed by atoms with van der Waals surface area (Å²) >= 11 is 7.34. The number of hydrogen-bond acceptors (Lipinski definition) is 3. The molecule has 0 amide bonds. The summed E-state index contributed by atoms with van der Waals surface area (Å²) in [6.45, 7) is 1.03. The first-order valence-electron chi connectivity index (χ1n) is 6.88. The predicted octanol–water partition coefficient (Wildman–Crippen LogP) is 4.95. The molecule has 23 heavy (non-hydrogen) atoms. The van der Waals surface area contributed by atoms with Gasteiger partial charge in [-0.1, -0.05) is 29.8 Å². The molecule has 1 aromatic carbocycles. The molecule has 0 aliphatic carbocycles. The maximum Gasteiger partial charge on any atom is 0.416 e. The lowest BCUT2D eigenvalue weighted by atomic mass is 10.1. The number of allylic oxidation sites excluding steroid dienone is 3. The molecule has 0 N–H and O–H groups in total. The van der Waals surface area contributed by atoms with Crippen LogP contribution in [-0.4, -0.2) is 37.2 Å². The van der Waals surface area contributed by atoms with Gasteiger partial charge in [0.05, 0.1) is 24.0 Å². The van der Waals surface area contributed by atoms with Crippen molar-refractivity contribution >= 4 is 28.9 Å². The number of hydrogen-bond donors (Lipinski definition) is 0. The molecular weight excluding hydrogens is 349 g/mol. The molecular formula is C16H16ClF3O2S. The second kappa shape index (κ2) is 8.24. The van der Waals surface area contributed by atoms with Crippen molar-refractivity contribution < 1.29 is 22.6 Å². The summed E-state index contributed by atoms with van der Waals surface area (Å²) in [5.41, 5.74) is -0.692. The number of ether oxygens (including phenoxy) is 2. The highest BCUT2D eigenvalue weighted by molar-refractivity contribution is 7.99. The highest BCUT2D eigenvalue weighted by Gasteiger charge is 2.34. The molecule has 0 spiro atoms. The van der Waals surface area contributed by atoms with Gasteiger partial charge in [0, 0.05) is 5.02 Å². The van der Waals surface area contributed by atoms with Crippen molar-refractivity contribution in [3.63, 3.8) is 0 Å². The quantitative estimate of drug-likeness (QED) is 0.704. The summed E-state index contributed by atoms with van der Waals surface area (Å²) in [6, 6.07) is 5.53. The van der Waals surface area contributed by atoms with Gasteiger partial charge in [-0.3, -0.25) is 0 Å². The lowest BCUT2D eigenvalue weighted by molar-refractivity contribution is -0.146. The van der Waals surface area contributed by atoms with E-state index < -0.39 is 18.0 Å². The van der Waals surface area contributed by atoms with Crippen LogP contribution in [0.3, 0.4) is 0 Å². The SMILES string of the molecule is CSC1COC(C=CC=C(c2ccc(Cl)cc2)C(F)(F)F)OC1. The minimum Gasteiger partial charge on any atom is -0.348 e. The van der Waals surface area contributed by atoms with Gasteiger partial charge in [-0.2, -0.15) is 24.9 Å². The topological polar surface area (TPSA) is 18.5 Å². The molecule has 7 heteroatoms. The lowest BCUT2D eigenvalue weighted by Crippen LogP contribution is -2.32. The average Bonchev–Trinajstić information content (AvgIpc) is 2.52. The van der Waals surface area contributed by atoms with Gasteiger partial charge in [0.2, 0.25) is 0 Å². The third kappa shape index (κ3) is 5.57. The zero-order valence-corrected chi connectivity index (χ0v) is 13.9. The van der Waals surface area contributed by atoms with Gasteiger partial charge in [0.1, 0.15) is 0 Å². The highest BCUT2D eigenvalue weighted by Crippen LogP contribution is 2.34. The minimum atomic E-state index is -4.46. The molecule has 2 nitrogen and oxygen atoms in total. The molecule has 0 unspecified atom stereocenters. The Hall–Kier alpha value is -0.950.